The fraction of sp³-hybridized carbons (Fsp3) is 0.471. The van der Waals surface area contributed by atoms with Gasteiger partial charge in [-0.3, -0.25) is 4.79 Å². The van der Waals surface area contributed by atoms with Gasteiger partial charge in [0, 0.05) is 22.1 Å². The van der Waals surface area contributed by atoms with Gasteiger partial charge in [0.15, 0.2) is 12.4 Å². The lowest BCUT2D eigenvalue weighted by molar-refractivity contribution is -0.672. The van der Waals surface area contributed by atoms with Crippen molar-refractivity contribution in [1.29, 1.82) is 0 Å². The molecule has 0 aromatic carbocycles. The number of carboxylic acid groups (broad SMARTS) is 1. The molecule has 0 aliphatic carbocycles. The number of aryl methyl sites for hydroxylation is 1. The van der Waals surface area contributed by atoms with Crippen LogP contribution in [-0.4, -0.2) is 39.1 Å². The summed E-state index contributed by atoms with van der Waals surface area (Å²) < 4.78 is 2.89. The van der Waals surface area contributed by atoms with Gasteiger partial charge in [0.05, 0.1) is 22.5 Å². The summed E-state index contributed by atoms with van der Waals surface area (Å²) in [4.78, 5) is 26.1. The highest BCUT2D eigenvalue weighted by molar-refractivity contribution is 9.10. The minimum atomic E-state index is -1.09. The first kappa shape index (κ1) is 18.4. The number of nitrogens with zero attached hydrogens (tertiary/aromatic N) is 2. The van der Waals surface area contributed by atoms with Gasteiger partial charge in [0.25, 0.3) is 0 Å². The number of amides is 1. The third-order valence-corrected chi connectivity index (χ3v) is 6.51. The van der Waals surface area contributed by atoms with E-state index in [1.807, 2.05) is 37.0 Å². The Morgan fingerprint density at radius 3 is 2.72 bits per heavy atom. The van der Waals surface area contributed by atoms with Crippen molar-refractivity contribution in [2.45, 2.75) is 31.7 Å². The summed E-state index contributed by atoms with van der Waals surface area (Å²) in [6, 6.07) is 1.73. The Kier molecular flexibility index (Phi) is 4.96. The molecule has 2 N–H and O–H groups in total. The van der Waals surface area contributed by atoms with Crippen LogP contribution in [-0.2, 0) is 22.4 Å². The van der Waals surface area contributed by atoms with E-state index in [0.29, 0.717) is 10.7 Å². The van der Waals surface area contributed by atoms with Crippen LogP contribution in [0.25, 0.3) is 0 Å². The number of aliphatic hydroxyl groups excluding tert-OH is 1. The van der Waals surface area contributed by atoms with Crippen LogP contribution in [0.5, 0.6) is 0 Å². The fourth-order valence-corrected chi connectivity index (χ4v) is 5.52. The Labute approximate surface area is 158 Å². The molecule has 1 fully saturated rings. The van der Waals surface area contributed by atoms with Gasteiger partial charge < -0.3 is 15.1 Å². The van der Waals surface area contributed by atoms with E-state index >= 15 is 0 Å². The molecule has 1 saturated heterocycles. The molecule has 4 atom stereocenters. The molecule has 2 aliphatic heterocycles. The molecule has 3 heterocycles. The zero-order chi connectivity index (χ0) is 18.5. The van der Waals surface area contributed by atoms with Gasteiger partial charge in [0.1, 0.15) is 12.7 Å². The number of thioether (sulfide) groups is 1. The summed E-state index contributed by atoms with van der Waals surface area (Å²) in [5, 5.41) is 19.5. The molecule has 1 unspecified atom stereocenters. The standard InChI is InChI=1S/C17H19BrN2O4S/c1-8-13-12(9(2)21)16(22)20(13)14(17(23)24)15(8)25-7-10-4-11(18)6-19(3)5-10/h4-6,8-9,12-13,21H,7H2,1-3H3/p+1/t8-,9?,12-,13+/m1/s1. The summed E-state index contributed by atoms with van der Waals surface area (Å²) in [5.41, 5.74) is 1.13. The van der Waals surface area contributed by atoms with Crippen LogP contribution in [0, 0.1) is 11.8 Å². The van der Waals surface area contributed by atoms with E-state index in [-0.39, 0.29) is 23.6 Å². The van der Waals surface area contributed by atoms with Crippen LogP contribution in [0.2, 0.25) is 0 Å². The summed E-state index contributed by atoms with van der Waals surface area (Å²) >= 11 is 4.91. The number of β-lactam (4-membered cyclic amide) rings is 1. The lowest BCUT2D eigenvalue weighted by atomic mass is 9.79. The first-order chi connectivity index (χ1) is 11.7. The minimum Gasteiger partial charge on any atom is -0.477 e. The molecular formula is C17H20BrN2O4S+. The van der Waals surface area contributed by atoms with Crippen molar-refractivity contribution < 1.29 is 24.4 Å². The van der Waals surface area contributed by atoms with Crippen molar-refractivity contribution in [2.75, 3.05) is 0 Å². The van der Waals surface area contributed by atoms with E-state index < -0.39 is 18.0 Å². The molecule has 0 radical (unpaired) electrons. The number of hydrogen-bond donors (Lipinski definition) is 2. The number of aromatic nitrogens is 1. The highest BCUT2D eigenvalue weighted by Gasteiger charge is 2.59. The van der Waals surface area contributed by atoms with Crippen molar-refractivity contribution in [3.63, 3.8) is 0 Å². The molecule has 0 saturated carbocycles. The summed E-state index contributed by atoms with van der Waals surface area (Å²) in [6.07, 6.45) is 3.14. The van der Waals surface area contributed by atoms with Gasteiger partial charge >= 0.3 is 5.97 Å². The highest BCUT2D eigenvalue weighted by atomic mass is 79.9. The minimum absolute atomic E-state index is 0.0729. The second kappa shape index (κ2) is 6.74. The van der Waals surface area contributed by atoms with E-state index in [2.05, 4.69) is 15.9 Å². The van der Waals surface area contributed by atoms with E-state index in [1.165, 1.54) is 16.7 Å². The SMILES string of the molecule is CC(O)[C@H]1C(=O)N2C(C(=O)O)=C(SCc3cc(Br)c[n+](C)c3)[C@H](C)[C@@H]12. The molecule has 1 amide bonds. The molecule has 2 aliphatic rings. The summed E-state index contributed by atoms with van der Waals surface area (Å²) in [6.45, 7) is 3.51. The van der Waals surface area contributed by atoms with Gasteiger partial charge in [-0.1, -0.05) is 6.92 Å². The smallest absolute Gasteiger partial charge is 0.353 e. The van der Waals surface area contributed by atoms with E-state index in [0.717, 1.165) is 10.0 Å². The number of carbonyl (C=O) groups is 2. The van der Waals surface area contributed by atoms with E-state index in [4.69, 9.17) is 0 Å². The number of hydrogen-bond acceptors (Lipinski definition) is 4. The maximum absolute atomic E-state index is 12.3. The van der Waals surface area contributed by atoms with E-state index in [9.17, 15) is 19.8 Å². The van der Waals surface area contributed by atoms with Crippen molar-refractivity contribution in [1.82, 2.24) is 4.90 Å². The first-order valence-electron chi connectivity index (χ1n) is 7.98. The number of halogens is 1. The largest absolute Gasteiger partial charge is 0.477 e. The van der Waals surface area contributed by atoms with Crippen molar-refractivity contribution in [3.8, 4) is 0 Å². The number of aliphatic hydroxyl groups is 1. The predicted octanol–water partition coefficient (Wildman–Crippen LogP) is 1.66. The first-order valence-corrected chi connectivity index (χ1v) is 9.76. The molecule has 1 aromatic heterocycles. The van der Waals surface area contributed by atoms with Crippen LogP contribution in [0.15, 0.2) is 33.5 Å². The lowest BCUT2D eigenvalue weighted by Gasteiger charge is -2.46. The van der Waals surface area contributed by atoms with Crippen LogP contribution < -0.4 is 4.57 Å². The Morgan fingerprint density at radius 1 is 1.48 bits per heavy atom. The molecule has 3 rings (SSSR count). The summed E-state index contributed by atoms with van der Waals surface area (Å²) in [5.74, 6) is -1.40. The Morgan fingerprint density at radius 2 is 2.16 bits per heavy atom. The average Bonchev–Trinajstić information content (AvgIpc) is 2.73. The van der Waals surface area contributed by atoms with Crippen molar-refractivity contribution in [3.05, 3.63) is 39.1 Å². The molecule has 0 spiro atoms. The molecule has 134 valence electrons. The molecule has 0 bridgehead atoms. The normalized spacial score (nSPS) is 26.5. The van der Waals surface area contributed by atoms with Gasteiger partial charge in [0.2, 0.25) is 5.91 Å². The highest BCUT2D eigenvalue weighted by Crippen LogP contribution is 2.50. The molecule has 6 nitrogen and oxygen atoms in total. The number of pyridine rings is 1. The van der Waals surface area contributed by atoms with Crippen molar-refractivity contribution in [2.24, 2.45) is 18.9 Å². The van der Waals surface area contributed by atoms with Crippen LogP contribution in [0.1, 0.15) is 19.4 Å². The van der Waals surface area contributed by atoms with Gasteiger partial charge in [-0.25, -0.2) is 9.36 Å². The van der Waals surface area contributed by atoms with Gasteiger partial charge in [-0.05, 0) is 28.9 Å². The fourth-order valence-electron chi connectivity index (χ4n) is 3.70. The molecule has 25 heavy (non-hydrogen) atoms. The number of carbonyl (C=O) groups excluding carboxylic acids is 1. The topological polar surface area (TPSA) is 81.7 Å². The monoisotopic (exact) mass is 427 g/mol. The third-order valence-electron chi connectivity index (χ3n) is 4.73. The maximum atomic E-state index is 12.3. The quantitative estimate of drug-likeness (QED) is 0.551. The maximum Gasteiger partial charge on any atom is 0.353 e. The Balaban J connectivity index is 1.86. The number of rotatable bonds is 5. The third kappa shape index (κ3) is 3.11. The molecular weight excluding hydrogens is 408 g/mol. The van der Waals surface area contributed by atoms with E-state index in [1.54, 1.807) is 6.92 Å². The lowest BCUT2D eigenvalue weighted by Crippen LogP contribution is -2.63. The Bertz CT molecular complexity index is 760. The molecule has 8 heteroatoms. The second-order valence-corrected chi connectivity index (χ2v) is 8.52. The van der Waals surface area contributed by atoms with Crippen LogP contribution >= 0.6 is 27.7 Å². The number of carboxylic acids is 1. The second-order valence-electron chi connectivity index (χ2n) is 6.59. The molecule has 1 aromatic rings. The Hall–Kier alpha value is -1.38. The van der Waals surface area contributed by atoms with Gasteiger partial charge in [-0.15, -0.1) is 11.8 Å². The van der Waals surface area contributed by atoms with Crippen molar-refractivity contribution >= 4 is 39.6 Å². The van der Waals surface area contributed by atoms with Crippen LogP contribution in [0.3, 0.4) is 0 Å². The summed E-state index contributed by atoms with van der Waals surface area (Å²) in [7, 11) is 1.93. The zero-order valence-corrected chi connectivity index (χ0v) is 16.5. The van der Waals surface area contributed by atoms with Crippen LogP contribution in [0.4, 0.5) is 0 Å². The zero-order valence-electron chi connectivity index (χ0n) is 14.1. The average molecular weight is 428 g/mol. The predicted molar refractivity (Wildman–Crippen MR) is 96.2 cm³/mol. The number of aliphatic carboxylic acids is 1. The number of fused-ring (bicyclic) bond motifs is 1. The van der Waals surface area contributed by atoms with Gasteiger partial charge in [-0.2, -0.15) is 0 Å².